The molecule has 10 heteroatoms. The van der Waals surface area contributed by atoms with Crippen LogP contribution in [-0.2, 0) is 14.3 Å². The molecule has 0 amide bonds. The lowest BCUT2D eigenvalue weighted by Gasteiger charge is -2.27. The number of allylic oxidation sites excluding steroid dienone is 1. The minimum absolute atomic E-state index is 0.110. The highest BCUT2D eigenvalue weighted by Gasteiger charge is 2.34. The molecule has 2 heterocycles. The SMILES string of the molecule is COCCOC(=O)C1=C(C)Nc2nnnn2[C@@H]1c1ccc(C(=O)O)cc1. The number of carboxylic acids is 1. The summed E-state index contributed by atoms with van der Waals surface area (Å²) >= 11 is 0. The van der Waals surface area contributed by atoms with Gasteiger partial charge in [0.15, 0.2) is 0 Å². The van der Waals surface area contributed by atoms with Crippen molar-refractivity contribution in [2.45, 2.75) is 13.0 Å². The van der Waals surface area contributed by atoms with Gasteiger partial charge in [-0.25, -0.2) is 9.59 Å². The molecule has 136 valence electrons. The van der Waals surface area contributed by atoms with Crippen molar-refractivity contribution >= 4 is 17.9 Å². The largest absolute Gasteiger partial charge is 0.478 e. The number of aromatic nitrogens is 4. The van der Waals surface area contributed by atoms with Crippen LogP contribution in [0.1, 0.15) is 28.9 Å². The highest BCUT2D eigenvalue weighted by atomic mass is 16.6. The van der Waals surface area contributed by atoms with E-state index in [4.69, 9.17) is 14.6 Å². The van der Waals surface area contributed by atoms with E-state index in [9.17, 15) is 9.59 Å². The molecule has 0 aliphatic carbocycles. The molecule has 26 heavy (non-hydrogen) atoms. The van der Waals surface area contributed by atoms with Crippen molar-refractivity contribution in [3.05, 3.63) is 46.7 Å². The number of methoxy groups -OCH3 is 1. The molecule has 0 spiro atoms. The number of rotatable bonds is 6. The molecule has 0 unspecified atom stereocenters. The zero-order chi connectivity index (χ0) is 18.7. The zero-order valence-electron chi connectivity index (χ0n) is 14.2. The van der Waals surface area contributed by atoms with Crippen LogP contribution in [0.4, 0.5) is 5.95 Å². The molecular formula is C16H17N5O5. The average Bonchev–Trinajstić information content (AvgIpc) is 3.08. The van der Waals surface area contributed by atoms with Gasteiger partial charge in [0.05, 0.1) is 17.7 Å². The molecule has 1 atom stereocenters. The molecule has 10 nitrogen and oxygen atoms in total. The molecular weight excluding hydrogens is 342 g/mol. The Hall–Kier alpha value is -3.27. The van der Waals surface area contributed by atoms with E-state index in [0.29, 0.717) is 22.8 Å². The molecule has 0 fully saturated rings. The van der Waals surface area contributed by atoms with Crippen molar-refractivity contribution in [3.63, 3.8) is 0 Å². The van der Waals surface area contributed by atoms with Gasteiger partial charge in [0.25, 0.3) is 0 Å². The van der Waals surface area contributed by atoms with E-state index in [-0.39, 0.29) is 18.8 Å². The van der Waals surface area contributed by atoms with Gasteiger partial charge in [-0.05, 0) is 35.0 Å². The number of nitrogens with one attached hydrogen (secondary N) is 1. The molecule has 1 aromatic heterocycles. The summed E-state index contributed by atoms with van der Waals surface area (Å²) in [5.41, 5.74) is 1.69. The highest BCUT2D eigenvalue weighted by molar-refractivity contribution is 5.92. The summed E-state index contributed by atoms with van der Waals surface area (Å²) in [5, 5.41) is 23.5. The number of benzene rings is 1. The van der Waals surface area contributed by atoms with Gasteiger partial charge in [-0.3, -0.25) is 0 Å². The minimum atomic E-state index is -1.03. The molecule has 0 saturated heterocycles. The normalized spacial score (nSPS) is 16.0. The number of anilines is 1. The molecule has 0 radical (unpaired) electrons. The molecule has 1 aliphatic rings. The number of fused-ring (bicyclic) bond motifs is 1. The summed E-state index contributed by atoms with van der Waals surface area (Å²) < 4.78 is 11.6. The Balaban J connectivity index is 2.00. The molecule has 3 rings (SSSR count). The summed E-state index contributed by atoms with van der Waals surface area (Å²) in [4.78, 5) is 23.7. The fourth-order valence-corrected chi connectivity index (χ4v) is 2.69. The lowest BCUT2D eigenvalue weighted by molar-refractivity contribution is -0.140. The smallest absolute Gasteiger partial charge is 0.338 e. The van der Waals surface area contributed by atoms with Crippen LogP contribution in [-0.4, -0.2) is 57.6 Å². The number of carbonyl (C=O) groups excluding carboxylic acids is 1. The van der Waals surface area contributed by atoms with Gasteiger partial charge in [0.2, 0.25) is 5.95 Å². The first kappa shape index (κ1) is 17.5. The van der Waals surface area contributed by atoms with Gasteiger partial charge in [-0.15, -0.1) is 0 Å². The van der Waals surface area contributed by atoms with Crippen LogP contribution in [0.3, 0.4) is 0 Å². The monoisotopic (exact) mass is 359 g/mol. The fourth-order valence-electron chi connectivity index (χ4n) is 2.69. The maximum atomic E-state index is 12.6. The van der Waals surface area contributed by atoms with Gasteiger partial charge in [-0.1, -0.05) is 17.2 Å². The number of carbonyl (C=O) groups is 2. The molecule has 2 aromatic rings. The Morgan fingerprint density at radius 3 is 2.65 bits per heavy atom. The number of carboxylic acid groups (broad SMARTS) is 1. The van der Waals surface area contributed by atoms with Gasteiger partial charge < -0.3 is 19.9 Å². The number of hydrogen-bond donors (Lipinski definition) is 2. The maximum absolute atomic E-state index is 12.6. The number of aromatic carboxylic acids is 1. The van der Waals surface area contributed by atoms with Gasteiger partial charge in [0, 0.05) is 12.8 Å². The van der Waals surface area contributed by atoms with Crippen LogP contribution >= 0.6 is 0 Å². The van der Waals surface area contributed by atoms with Crippen LogP contribution in [0, 0.1) is 0 Å². The highest BCUT2D eigenvalue weighted by Crippen LogP contribution is 2.34. The predicted octanol–water partition coefficient (Wildman–Crippen LogP) is 0.850. The maximum Gasteiger partial charge on any atom is 0.338 e. The van der Waals surface area contributed by atoms with Crippen molar-refractivity contribution in [1.82, 2.24) is 20.2 Å². The lowest BCUT2D eigenvalue weighted by Crippen LogP contribution is -2.30. The predicted molar refractivity (Wildman–Crippen MR) is 88.5 cm³/mol. The molecule has 1 aromatic carbocycles. The molecule has 1 aliphatic heterocycles. The molecule has 0 saturated carbocycles. The van der Waals surface area contributed by atoms with Gasteiger partial charge in [-0.2, -0.15) is 4.68 Å². The second-order valence-corrected chi connectivity index (χ2v) is 5.57. The topological polar surface area (TPSA) is 128 Å². The van der Waals surface area contributed by atoms with E-state index in [1.54, 1.807) is 19.1 Å². The summed E-state index contributed by atoms with van der Waals surface area (Å²) in [6.07, 6.45) is 0. The van der Waals surface area contributed by atoms with Crippen molar-refractivity contribution in [2.24, 2.45) is 0 Å². The molecule has 0 bridgehead atoms. The van der Waals surface area contributed by atoms with Gasteiger partial charge in [0.1, 0.15) is 12.6 Å². The Morgan fingerprint density at radius 1 is 1.27 bits per heavy atom. The first-order valence-electron chi connectivity index (χ1n) is 7.78. The first-order chi connectivity index (χ1) is 12.5. The summed E-state index contributed by atoms with van der Waals surface area (Å²) in [7, 11) is 1.51. The minimum Gasteiger partial charge on any atom is -0.478 e. The van der Waals surface area contributed by atoms with E-state index in [1.165, 1.54) is 23.9 Å². The number of tetrazole rings is 1. The van der Waals surface area contributed by atoms with Crippen molar-refractivity contribution in [3.8, 4) is 0 Å². The summed E-state index contributed by atoms with van der Waals surface area (Å²) in [6.45, 7) is 2.11. The average molecular weight is 359 g/mol. The van der Waals surface area contributed by atoms with Crippen LogP contribution in [0.15, 0.2) is 35.5 Å². The van der Waals surface area contributed by atoms with E-state index < -0.39 is 18.0 Å². The van der Waals surface area contributed by atoms with Crippen LogP contribution in [0.5, 0.6) is 0 Å². The third-order valence-electron chi connectivity index (χ3n) is 3.93. The third-order valence-corrected chi connectivity index (χ3v) is 3.93. The summed E-state index contributed by atoms with van der Waals surface area (Å²) in [5.74, 6) is -1.18. The summed E-state index contributed by atoms with van der Waals surface area (Å²) in [6, 6.07) is 5.54. The first-order valence-corrected chi connectivity index (χ1v) is 7.78. The van der Waals surface area contributed by atoms with E-state index in [0.717, 1.165) is 0 Å². The number of hydrogen-bond acceptors (Lipinski definition) is 8. The fraction of sp³-hybridized carbons (Fsp3) is 0.312. The van der Waals surface area contributed by atoms with Crippen molar-refractivity contribution in [1.29, 1.82) is 0 Å². The number of esters is 1. The molecule has 2 N–H and O–H groups in total. The second-order valence-electron chi connectivity index (χ2n) is 5.57. The van der Waals surface area contributed by atoms with Crippen molar-refractivity contribution in [2.75, 3.05) is 25.6 Å². The lowest BCUT2D eigenvalue weighted by atomic mass is 9.95. The van der Waals surface area contributed by atoms with Crippen LogP contribution in [0.2, 0.25) is 0 Å². The van der Waals surface area contributed by atoms with Gasteiger partial charge >= 0.3 is 11.9 Å². The van der Waals surface area contributed by atoms with Crippen LogP contribution < -0.4 is 5.32 Å². The number of ether oxygens (including phenoxy) is 2. The van der Waals surface area contributed by atoms with E-state index in [2.05, 4.69) is 20.8 Å². The van der Waals surface area contributed by atoms with Crippen LogP contribution in [0.25, 0.3) is 0 Å². The Morgan fingerprint density at radius 2 is 2.00 bits per heavy atom. The van der Waals surface area contributed by atoms with E-state index in [1.807, 2.05) is 0 Å². The Labute approximate surface area is 148 Å². The second kappa shape index (κ2) is 7.31. The quantitative estimate of drug-likeness (QED) is 0.569. The van der Waals surface area contributed by atoms with E-state index >= 15 is 0 Å². The zero-order valence-corrected chi connectivity index (χ0v) is 14.2. The standard InChI is InChI=1S/C16H17N5O5/c1-9-12(15(24)26-8-7-25-2)13(21-16(17-9)18-19-20-21)10-3-5-11(6-4-10)14(22)23/h3-6,13H,7-8H2,1-2H3,(H,22,23)(H,17,18,20)/t13-/m1/s1. The van der Waals surface area contributed by atoms with Crippen molar-refractivity contribution < 1.29 is 24.2 Å². The number of nitrogens with zero attached hydrogens (tertiary/aromatic N) is 4. The third kappa shape index (κ3) is 3.26. The Bertz CT molecular complexity index is 858. The Kier molecular flexibility index (Phi) is 4.94.